The van der Waals surface area contributed by atoms with Crippen LogP contribution >= 0.6 is 16.5 Å². The lowest BCUT2D eigenvalue weighted by atomic mass is 10.0. The summed E-state index contributed by atoms with van der Waals surface area (Å²) in [5, 5.41) is 3.65. The topological polar surface area (TPSA) is 145 Å². The fourth-order valence-corrected chi connectivity index (χ4v) is 7.19. The molecule has 9 rings (SSSR count). The minimum Gasteiger partial charge on any atom is -0.245 e. The van der Waals surface area contributed by atoms with Crippen molar-refractivity contribution in [2.45, 2.75) is 0 Å². The van der Waals surface area contributed by atoms with Crippen LogP contribution in [0.4, 0.5) is 0 Å². The maximum absolute atomic E-state index is 11.9. The Balaban J connectivity index is 1.16. The number of aromatic nitrogens is 4. The van der Waals surface area contributed by atoms with E-state index in [1.54, 1.807) is 36.4 Å². The lowest BCUT2D eigenvalue weighted by molar-refractivity contribution is 0.409. The maximum Gasteiger partial charge on any atom is 0.747 e. The van der Waals surface area contributed by atoms with Crippen LogP contribution in [-0.4, -0.2) is 29.7 Å². The summed E-state index contributed by atoms with van der Waals surface area (Å²) in [5.41, 5.74) is 8.71. The fraction of sp³-hybridized carbons (Fsp3) is 0. The molecule has 54 heavy (non-hydrogen) atoms. The molecular weight excluding hydrogens is 718 g/mol. The van der Waals surface area contributed by atoms with Crippen molar-refractivity contribution in [3.05, 3.63) is 146 Å². The second-order valence-electron chi connectivity index (χ2n) is 12.5. The van der Waals surface area contributed by atoms with E-state index in [1.165, 1.54) is 0 Å². The average Bonchev–Trinajstić information content (AvgIpc) is 3.20. The lowest BCUT2D eigenvalue weighted by Gasteiger charge is -2.11. The minimum atomic E-state index is -2.95. The Hall–Kier alpha value is -6.54. The minimum absolute atomic E-state index is 0.189. The van der Waals surface area contributed by atoms with Crippen molar-refractivity contribution in [1.82, 2.24) is 19.9 Å². The third kappa shape index (κ3) is 6.51. The van der Waals surface area contributed by atoms with Crippen LogP contribution in [0, 0.1) is 0 Å². The number of pyridine rings is 4. The van der Waals surface area contributed by atoms with Gasteiger partial charge in [0.25, 0.3) is 0 Å². The van der Waals surface area contributed by atoms with E-state index >= 15 is 0 Å². The smallest absolute Gasteiger partial charge is 0.245 e. The molecule has 9 aromatic rings. The predicted molar refractivity (Wildman–Crippen MR) is 210 cm³/mol. The summed E-state index contributed by atoms with van der Waals surface area (Å²) in [6.07, 6.45) is 0. The van der Waals surface area contributed by atoms with E-state index in [0.29, 0.717) is 39.2 Å². The Labute approximate surface area is 309 Å². The SMILES string of the molecule is O=[P+](O)Oc1ccc(-c2ccc3ccc4ccc(-c5cc(O[P+](=O)O)cc(-c6ccc7ccc8ccc(-c9ccccc9)nc8c7n6)c5)nc4c3n2)cc1. The van der Waals surface area contributed by atoms with Gasteiger partial charge in [-0.25, -0.2) is 29.0 Å². The molecule has 2 unspecified atom stereocenters. The van der Waals surface area contributed by atoms with Crippen molar-refractivity contribution in [2.75, 3.05) is 0 Å². The van der Waals surface area contributed by atoms with Gasteiger partial charge in [0.05, 0.1) is 44.8 Å². The number of hydrogen-bond acceptors (Lipinski definition) is 8. The van der Waals surface area contributed by atoms with Crippen LogP contribution in [0.25, 0.3) is 88.6 Å². The van der Waals surface area contributed by atoms with Crippen molar-refractivity contribution in [3.63, 3.8) is 0 Å². The lowest BCUT2D eigenvalue weighted by Crippen LogP contribution is -1.93. The molecule has 5 aromatic carbocycles. The molecule has 0 radical (unpaired) electrons. The van der Waals surface area contributed by atoms with E-state index in [1.807, 2.05) is 109 Å². The third-order valence-corrected chi connectivity index (χ3v) is 9.86. The maximum atomic E-state index is 11.9. The normalized spacial score (nSPS) is 12.0. The van der Waals surface area contributed by atoms with Crippen molar-refractivity contribution in [3.8, 4) is 56.5 Å². The van der Waals surface area contributed by atoms with Gasteiger partial charge in [-0.2, -0.15) is 0 Å². The van der Waals surface area contributed by atoms with E-state index in [2.05, 4.69) is 0 Å². The molecular formula is C42H26N4O6P2+2. The Bertz CT molecular complexity index is 2960. The second-order valence-corrected chi connectivity index (χ2v) is 13.8. The first kappa shape index (κ1) is 33.3. The van der Waals surface area contributed by atoms with Crippen molar-refractivity contribution < 1.29 is 28.0 Å². The Morgan fingerprint density at radius 2 is 0.722 bits per heavy atom. The average molecular weight is 745 g/mol. The summed E-state index contributed by atoms with van der Waals surface area (Å²) in [5.74, 6) is 0.464. The molecule has 10 nitrogen and oxygen atoms in total. The van der Waals surface area contributed by atoms with E-state index in [4.69, 9.17) is 33.9 Å². The summed E-state index contributed by atoms with van der Waals surface area (Å²) < 4.78 is 33.3. The first-order chi connectivity index (χ1) is 26.3. The molecule has 0 aliphatic heterocycles. The van der Waals surface area contributed by atoms with Gasteiger partial charge in [-0.15, -0.1) is 9.79 Å². The van der Waals surface area contributed by atoms with Gasteiger partial charge in [0.2, 0.25) is 0 Å². The van der Waals surface area contributed by atoms with Crippen LogP contribution in [0.5, 0.6) is 11.5 Å². The van der Waals surface area contributed by atoms with E-state index in [0.717, 1.165) is 49.4 Å². The highest BCUT2D eigenvalue weighted by Gasteiger charge is 2.19. The summed E-state index contributed by atoms with van der Waals surface area (Å²) in [4.78, 5) is 39.0. The van der Waals surface area contributed by atoms with Gasteiger partial charge in [0.15, 0.2) is 11.5 Å². The zero-order chi connectivity index (χ0) is 36.8. The summed E-state index contributed by atoms with van der Waals surface area (Å²) in [6.45, 7) is 0. The molecule has 0 fully saturated rings. The van der Waals surface area contributed by atoms with Gasteiger partial charge in [-0.05, 0) is 66.7 Å². The van der Waals surface area contributed by atoms with Crippen molar-refractivity contribution >= 4 is 60.1 Å². The fourth-order valence-electron chi connectivity index (χ4n) is 6.60. The summed E-state index contributed by atoms with van der Waals surface area (Å²) in [7, 11) is -5.71. The summed E-state index contributed by atoms with van der Waals surface area (Å²) >= 11 is 0. The molecule has 0 aliphatic carbocycles. The standard InChI is InChI=1S/C42H24N4O6P2/c47-53(48)51-33-16-10-26(11-17-33)36-19-13-28-7-9-30-15-21-38(46-42(30)40(28)44-36)32-22-31(23-34(24-32)52-54(49)50)37-20-14-29-8-6-27-12-18-35(25-4-2-1-3-5-25)43-39(27)41(29)45-37/h1-24H/p+2. The number of benzene rings is 5. The molecule has 0 bridgehead atoms. The van der Waals surface area contributed by atoms with Crippen molar-refractivity contribution in [1.29, 1.82) is 0 Å². The second kappa shape index (κ2) is 13.8. The first-order valence-electron chi connectivity index (χ1n) is 16.8. The number of rotatable bonds is 8. The highest BCUT2D eigenvalue weighted by atomic mass is 31.1. The molecule has 258 valence electrons. The van der Waals surface area contributed by atoms with Gasteiger partial charge in [0, 0.05) is 52.9 Å². The molecule has 0 aliphatic rings. The van der Waals surface area contributed by atoms with Crippen LogP contribution < -0.4 is 9.05 Å². The quantitative estimate of drug-likeness (QED) is 0.114. The van der Waals surface area contributed by atoms with Crippen LogP contribution in [0.3, 0.4) is 0 Å². The molecule has 4 aromatic heterocycles. The van der Waals surface area contributed by atoms with E-state index in [-0.39, 0.29) is 11.5 Å². The summed E-state index contributed by atoms with van der Waals surface area (Å²) in [6, 6.07) is 45.8. The molecule has 2 atom stereocenters. The first-order valence-corrected chi connectivity index (χ1v) is 19.0. The molecule has 0 spiro atoms. The van der Waals surface area contributed by atoms with E-state index < -0.39 is 16.5 Å². The van der Waals surface area contributed by atoms with Crippen molar-refractivity contribution in [2.24, 2.45) is 0 Å². The van der Waals surface area contributed by atoms with Crippen LogP contribution in [0.15, 0.2) is 146 Å². The van der Waals surface area contributed by atoms with Gasteiger partial charge >= 0.3 is 16.5 Å². The number of hydrogen-bond donors (Lipinski definition) is 2. The predicted octanol–water partition coefficient (Wildman–Crippen LogP) is 10.6. The van der Waals surface area contributed by atoms with Gasteiger partial charge in [-0.3, -0.25) is 0 Å². The Kier molecular flexibility index (Phi) is 8.50. The Morgan fingerprint density at radius 3 is 1.13 bits per heavy atom. The highest BCUT2D eigenvalue weighted by Crippen LogP contribution is 2.37. The Morgan fingerprint density at radius 1 is 0.370 bits per heavy atom. The molecule has 4 heterocycles. The van der Waals surface area contributed by atoms with Crippen LogP contribution in [-0.2, 0) is 9.13 Å². The van der Waals surface area contributed by atoms with E-state index in [9.17, 15) is 14.0 Å². The molecule has 0 saturated carbocycles. The van der Waals surface area contributed by atoms with Gasteiger partial charge in [-0.1, -0.05) is 78.9 Å². The highest BCUT2D eigenvalue weighted by molar-refractivity contribution is 7.32. The number of nitrogens with zero attached hydrogens (tertiary/aromatic N) is 4. The van der Waals surface area contributed by atoms with Crippen LogP contribution in [0.2, 0.25) is 0 Å². The third-order valence-electron chi connectivity index (χ3n) is 9.12. The number of fused-ring (bicyclic) bond motifs is 6. The molecule has 0 saturated heterocycles. The zero-order valence-corrected chi connectivity index (χ0v) is 29.9. The monoisotopic (exact) mass is 744 g/mol. The van der Waals surface area contributed by atoms with Crippen LogP contribution in [0.1, 0.15) is 0 Å². The largest absolute Gasteiger partial charge is 0.747 e. The molecule has 0 amide bonds. The molecule has 2 N–H and O–H groups in total. The zero-order valence-electron chi connectivity index (χ0n) is 28.1. The van der Waals surface area contributed by atoms with Gasteiger partial charge in [0.1, 0.15) is 0 Å². The molecule has 12 heteroatoms. The van der Waals surface area contributed by atoms with Gasteiger partial charge < -0.3 is 0 Å².